The van der Waals surface area contributed by atoms with Crippen LogP contribution < -0.4 is 16.0 Å². The normalized spacial score (nSPS) is 12.2. The van der Waals surface area contributed by atoms with Crippen LogP contribution in [0.4, 0.5) is 4.39 Å². The first-order valence-corrected chi connectivity index (χ1v) is 6.57. The van der Waals surface area contributed by atoms with Crippen LogP contribution in [-0.2, 0) is 0 Å². The van der Waals surface area contributed by atoms with Crippen LogP contribution in [0, 0.1) is 5.82 Å². The molecule has 0 aliphatic carbocycles. The van der Waals surface area contributed by atoms with E-state index in [0.29, 0.717) is 21.4 Å². The van der Waals surface area contributed by atoms with Crippen LogP contribution in [0.2, 0.25) is 10.0 Å². The second kappa shape index (κ2) is 6.41. The van der Waals surface area contributed by atoms with Crippen molar-refractivity contribution in [1.82, 2.24) is 5.43 Å². The third-order valence-corrected chi connectivity index (χ3v) is 3.59. The van der Waals surface area contributed by atoms with Crippen molar-refractivity contribution in [3.8, 4) is 5.75 Å². The highest BCUT2D eigenvalue weighted by atomic mass is 35.5. The molecule has 3 N–H and O–H groups in total. The van der Waals surface area contributed by atoms with E-state index in [-0.39, 0.29) is 0 Å². The number of nitrogens with two attached hydrogens (primary N) is 1. The average molecular weight is 315 g/mol. The Kier molecular flexibility index (Phi) is 4.83. The summed E-state index contributed by atoms with van der Waals surface area (Å²) < 4.78 is 18.3. The monoisotopic (exact) mass is 314 g/mol. The number of hydrogen-bond acceptors (Lipinski definition) is 3. The second-order valence-electron chi connectivity index (χ2n) is 4.16. The Morgan fingerprint density at radius 3 is 2.50 bits per heavy atom. The molecule has 0 bridgehead atoms. The number of hydrazine groups is 1. The maximum absolute atomic E-state index is 13.1. The second-order valence-corrected chi connectivity index (χ2v) is 4.97. The Morgan fingerprint density at radius 1 is 1.15 bits per heavy atom. The molecular formula is C14H13Cl2FN2O. The van der Waals surface area contributed by atoms with Gasteiger partial charge in [0.2, 0.25) is 0 Å². The Hall–Kier alpha value is -1.33. The zero-order valence-electron chi connectivity index (χ0n) is 10.7. The van der Waals surface area contributed by atoms with Gasteiger partial charge in [-0.3, -0.25) is 5.84 Å². The summed E-state index contributed by atoms with van der Waals surface area (Å²) in [6, 6.07) is 9.03. The molecule has 2 aromatic rings. The van der Waals surface area contributed by atoms with E-state index in [1.807, 2.05) is 0 Å². The van der Waals surface area contributed by atoms with E-state index in [1.54, 1.807) is 24.3 Å². The lowest BCUT2D eigenvalue weighted by Gasteiger charge is -2.19. The van der Waals surface area contributed by atoms with Gasteiger partial charge in [0.25, 0.3) is 0 Å². The largest absolute Gasteiger partial charge is 0.495 e. The molecule has 1 atom stereocenters. The zero-order valence-corrected chi connectivity index (χ0v) is 12.2. The van der Waals surface area contributed by atoms with E-state index in [9.17, 15) is 4.39 Å². The first-order chi connectivity index (χ1) is 9.56. The van der Waals surface area contributed by atoms with Crippen molar-refractivity contribution in [2.75, 3.05) is 7.11 Å². The highest BCUT2D eigenvalue weighted by molar-refractivity contribution is 6.32. The molecule has 0 saturated carbocycles. The molecule has 0 aliphatic rings. The Labute approximate surface area is 126 Å². The maximum Gasteiger partial charge on any atom is 0.137 e. The summed E-state index contributed by atoms with van der Waals surface area (Å²) in [5, 5.41) is 0.791. The van der Waals surface area contributed by atoms with Gasteiger partial charge in [-0.25, -0.2) is 9.82 Å². The van der Waals surface area contributed by atoms with Crippen LogP contribution in [0.5, 0.6) is 5.75 Å². The van der Waals surface area contributed by atoms with Gasteiger partial charge >= 0.3 is 0 Å². The van der Waals surface area contributed by atoms with Crippen molar-refractivity contribution in [2.45, 2.75) is 6.04 Å². The van der Waals surface area contributed by atoms with Gasteiger partial charge in [-0.2, -0.15) is 0 Å². The molecule has 0 heterocycles. The molecule has 0 fully saturated rings. The molecule has 2 rings (SSSR count). The number of ether oxygens (including phenoxy) is 1. The van der Waals surface area contributed by atoms with Crippen LogP contribution in [0.15, 0.2) is 36.4 Å². The molecular weight excluding hydrogens is 302 g/mol. The fourth-order valence-electron chi connectivity index (χ4n) is 1.96. The number of nitrogens with one attached hydrogen (secondary N) is 1. The van der Waals surface area contributed by atoms with E-state index in [2.05, 4.69) is 5.43 Å². The van der Waals surface area contributed by atoms with Gasteiger partial charge in [-0.1, -0.05) is 35.3 Å². The molecule has 6 heteroatoms. The molecule has 106 valence electrons. The van der Waals surface area contributed by atoms with E-state index in [0.717, 1.165) is 5.56 Å². The summed E-state index contributed by atoms with van der Waals surface area (Å²) in [4.78, 5) is 0. The lowest BCUT2D eigenvalue weighted by atomic mass is 9.99. The minimum absolute atomic E-state index is 0.293. The van der Waals surface area contributed by atoms with Crippen LogP contribution in [0.1, 0.15) is 17.2 Å². The number of methoxy groups -OCH3 is 1. The van der Waals surface area contributed by atoms with Gasteiger partial charge in [0.1, 0.15) is 11.6 Å². The van der Waals surface area contributed by atoms with Crippen LogP contribution >= 0.6 is 23.2 Å². The molecule has 0 radical (unpaired) electrons. The Bertz CT molecular complexity index is 622. The molecule has 1 unspecified atom stereocenters. The minimum Gasteiger partial charge on any atom is -0.495 e. The van der Waals surface area contributed by atoms with Crippen LogP contribution in [-0.4, -0.2) is 7.11 Å². The first-order valence-electron chi connectivity index (χ1n) is 5.81. The fourth-order valence-corrected chi connectivity index (χ4v) is 2.43. The van der Waals surface area contributed by atoms with Gasteiger partial charge in [0.05, 0.1) is 18.2 Å². The number of rotatable bonds is 4. The molecule has 0 spiro atoms. The summed E-state index contributed by atoms with van der Waals surface area (Å²) >= 11 is 12.1. The predicted octanol–water partition coefficient (Wildman–Crippen LogP) is 3.69. The lowest BCUT2D eigenvalue weighted by molar-refractivity contribution is 0.414. The van der Waals surface area contributed by atoms with E-state index in [4.69, 9.17) is 33.8 Å². The van der Waals surface area contributed by atoms with Crippen LogP contribution in [0.25, 0.3) is 0 Å². The number of benzene rings is 2. The quantitative estimate of drug-likeness (QED) is 0.668. The third kappa shape index (κ3) is 3.04. The van der Waals surface area contributed by atoms with Gasteiger partial charge in [-0.15, -0.1) is 0 Å². The van der Waals surface area contributed by atoms with Crippen molar-refractivity contribution in [1.29, 1.82) is 0 Å². The highest BCUT2D eigenvalue weighted by Gasteiger charge is 2.17. The summed E-state index contributed by atoms with van der Waals surface area (Å²) in [6.45, 7) is 0. The van der Waals surface area contributed by atoms with Gasteiger partial charge in [-0.05, 0) is 35.4 Å². The topological polar surface area (TPSA) is 47.3 Å². The Morgan fingerprint density at radius 2 is 1.90 bits per heavy atom. The summed E-state index contributed by atoms with van der Waals surface area (Å²) in [7, 11) is 1.53. The fraction of sp³-hybridized carbons (Fsp3) is 0.143. The van der Waals surface area contributed by atoms with Gasteiger partial charge in [0, 0.05) is 5.02 Å². The first kappa shape index (κ1) is 15.1. The smallest absolute Gasteiger partial charge is 0.137 e. The van der Waals surface area contributed by atoms with E-state index < -0.39 is 11.9 Å². The molecule has 20 heavy (non-hydrogen) atoms. The zero-order chi connectivity index (χ0) is 14.7. The molecule has 0 aromatic heterocycles. The molecule has 0 aliphatic heterocycles. The van der Waals surface area contributed by atoms with Crippen molar-refractivity contribution in [2.24, 2.45) is 5.84 Å². The maximum atomic E-state index is 13.1. The standard InChI is InChI=1S/C14H13Cl2FN2O/c1-20-13-6-8(2-5-11(13)15)14(19-18)10-4-3-9(17)7-12(10)16/h2-7,14,19H,18H2,1H3. The number of halogens is 3. The lowest BCUT2D eigenvalue weighted by Crippen LogP contribution is -2.29. The van der Waals surface area contributed by atoms with Crippen molar-refractivity contribution < 1.29 is 9.13 Å². The van der Waals surface area contributed by atoms with Crippen molar-refractivity contribution >= 4 is 23.2 Å². The van der Waals surface area contributed by atoms with Crippen molar-refractivity contribution in [3.63, 3.8) is 0 Å². The van der Waals surface area contributed by atoms with E-state index in [1.165, 1.54) is 19.2 Å². The SMILES string of the molecule is COc1cc(C(NN)c2ccc(F)cc2Cl)ccc1Cl. The van der Waals surface area contributed by atoms with Gasteiger partial charge in [0.15, 0.2) is 0 Å². The third-order valence-electron chi connectivity index (χ3n) is 2.95. The number of hydrogen-bond donors (Lipinski definition) is 2. The van der Waals surface area contributed by atoms with E-state index >= 15 is 0 Å². The Balaban J connectivity index is 2.46. The van der Waals surface area contributed by atoms with Crippen LogP contribution in [0.3, 0.4) is 0 Å². The summed E-state index contributed by atoms with van der Waals surface area (Å²) in [5.41, 5.74) is 4.13. The predicted molar refractivity (Wildman–Crippen MR) is 78.6 cm³/mol. The van der Waals surface area contributed by atoms with Gasteiger partial charge < -0.3 is 4.74 Å². The summed E-state index contributed by atoms with van der Waals surface area (Å²) in [6.07, 6.45) is 0. The molecule has 2 aromatic carbocycles. The summed E-state index contributed by atoms with van der Waals surface area (Å²) in [5.74, 6) is 5.73. The molecule has 0 amide bonds. The molecule has 3 nitrogen and oxygen atoms in total. The minimum atomic E-state index is -0.400. The highest BCUT2D eigenvalue weighted by Crippen LogP contribution is 2.33. The van der Waals surface area contributed by atoms with Crippen molar-refractivity contribution in [3.05, 3.63) is 63.4 Å². The molecule has 0 saturated heterocycles. The average Bonchev–Trinajstić information content (AvgIpc) is 2.43.